The SMILES string of the molecule is CCCCOC(=O)C1CCC(C(C)(O)c2ccc(-c3cc(C)cc(Nc4cc(C(F)(F)F)ccn4)n3)cn2)CC1. The second kappa shape index (κ2) is 12.3. The average molecular weight is 557 g/mol. The summed E-state index contributed by atoms with van der Waals surface area (Å²) in [5.74, 6) is 0.0755. The van der Waals surface area contributed by atoms with Crippen molar-refractivity contribution in [3.63, 3.8) is 0 Å². The summed E-state index contributed by atoms with van der Waals surface area (Å²) in [6, 6.07) is 9.00. The van der Waals surface area contributed by atoms with Crippen LogP contribution in [0.3, 0.4) is 0 Å². The quantitative estimate of drug-likeness (QED) is 0.217. The van der Waals surface area contributed by atoms with Crippen LogP contribution in [0.4, 0.5) is 24.8 Å². The summed E-state index contributed by atoms with van der Waals surface area (Å²) in [6.45, 7) is 6.13. The fourth-order valence-corrected chi connectivity index (χ4v) is 5.07. The average Bonchev–Trinajstić information content (AvgIpc) is 2.92. The molecule has 0 aromatic carbocycles. The van der Waals surface area contributed by atoms with Crippen molar-refractivity contribution in [1.29, 1.82) is 0 Å². The summed E-state index contributed by atoms with van der Waals surface area (Å²) >= 11 is 0. The standard InChI is InChI=1S/C30H35F3N4O3/c1-4-5-14-40-28(38)20-6-9-22(10-7-20)29(3,39)25-11-8-21(18-35-25)24-15-19(2)16-27(36-24)37-26-17-23(12-13-34-26)30(31,32)33/h8,11-13,15-18,20,22,39H,4-7,9-10,14H2,1-3H3,(H,34,36,37). The van der Waals surface area contributed by atoms with Crippen molar-refractivity contribution in [1.82, 2.24) is 15.0 Å². The number of unbranched alkanes of at least 4 members (excludes halogenated alkanes) is 1. The Bertz CT molecular complexity index is 1300. The van der Waals surface area contributed by atoms with Crippen LogP contribution in [0.1, 0.15) is 69.2 Å². The van der Waals surface area contributed by atoms with Gasteiger partial charge in [0.2, 0.25) is 0 Å². The Morgan fingerprint density at radius 1 is 1.07 bits per heavy atom. The first-order valence-corrected chi connectivity index (χ1v) is 13.6. The van der Waals surface area contributed by atoms with Gasteiger partial charge in [-0.3, -0.25) is 9.78 Å². The number of alkyl halides is 3. The largest absolute Gasteiger partial charge is 0.465 e. The summed E-state index contributed by atoms with van der Waals surface area (Å²) in [6.07, 6.45) is 2.84. The predicted octanol–water partition coefficient (Wildman–Crippen LogP) is 6.97. The first-order chi connectivity index (χ1) is 19.0. The molecule has 0 radical (unpaired) electrons. The number of halogens is 3. The molecule has 40 heavy (non-hydrogen) atoms. The lowest BCUT2D eigenvalue weighted by molar-refractivity contribution is -0.151. The van der Waals surface area contributed by atoms with Gasteiger partial charge in [0.05, 0.1) is 29.5 Å². The number of nitrogens with one attached hydrogen (secondary N) is 1. The lowest BCUT2D eigenvalue weighted by Crippen LogP contribution is -2.37. The summed E-state index contributed by atoms with van der Waals surface area (Å²) in [4.78, 5) is 25.4. The molecule has 1 saturated carbocycles. The van der Waals surface area contributed by atoms with Gasteiger partial charge in [0.15, 0.2) is 0 Å². The van der Waals surface area contributed by atoms with Crippen LogP contribution in [-0.2, 0) is 21.3 Å². The smallest absolute Gasteiger partial charge is 0.416 e. The van der Waals surface area contributed by atoms with E-state index in [-0.39, 0.29) is 23.6 Å². The molecule has 0 bridgehead atoms. The van der Waals surface area contributed by atoms with Crippen molar-refractivity contribution >= 4 is 17.6 Å². The number of pyridine rings is 3. The number of carbonyl (C=O) groups is 1. The third-order valence-electron chi connectivity index (χ3n) is 7.49. The monoisotopic (exact) mass is 556 g/mol. The third kappa shape index (κ3) is 7.15. The van der Waals surface area contributed by atoms with Crippen LogP contribution in [0.25, 0.3) is 11.3 Å². The van der Waals surface area contributed by atoms with Gasteiger partial charge in [-0.05, 0) is 93.8 Å². The van der Waals surface area contributed by atoms with Gasteiger partial charge in [-0.2, -0.15) is 13.2 Å². The molecule has 214 valence electrons. The highest BCUT2D eigenvalue weighted by atomic mass is 19.4. The van der Waals surface area contributed by atoms with E-state index in [1.807, 2.05) is 19.1 Å². The number of hydrogen-bond donors (Lipinski definition) is 2. The van der Waals surface area contributed by atoms with Crippen molar-refractivity contribution in [2.45, 2.75) is 71.1 Å². The van der Waals surface area contributed by atoms with Crippen molar-refractivity contribution < 1.29 is 27.8 Å². The number of aryl methyl sites for hydroxylation is 1. The molecule has 1 unspecified atom stereocenters. The van der Waals surface area contributed by atoms with E-state index in [0.29, 0.717) is 55.1 Å². The number of aliphatic hydroxyl groups is 1. The zero-order valence-electron chi connectivity index (χ0n) is 23.0. The Morgan fingerprint density at radius 3 is 2.48 bits per heavy atom. The maximum atomic E-state index is 13.1. The van der Waals surface area contributed by atoms with E-state index in [0.717, 1.165) is 36.7 Å². The fraction of sp³-hybridized carbons (Fsp3) is 0.467. The summed E-state index contributed by atoms with van der Waals surface area (Å²) in [7, 11) is 0. The van der Waals surface area contributed by atoms with Gasteiger partial charge in [0.1, 0.15) is 17.2 Å². The van der Waals surface area contributed by atoms with Crippen molar-refractivity contribution in [2.75, 3.05) is 11.9 Å². The Hall–Kier alpha value is -3.53. The van der Waals surface area contributed by atoms with E-state index in [4.69, 9.17) is 4.74 Å². The second-order valence-electron chi connectivity index (χ2n) is 10.6. The third-order valence-corrected chi connectivity index (χ3v) is 7.49. The normalized spacial score (nSPS) is 19.1. The molecule has 0 aliphatic heterocycles. The minimum atomic E-state index is -4.47. The molecule has 1 fully saturated rings. The molecule has 3 aromatic rings. The van der Waals surface area contributed by atoms with Gasteiger partial charge in [0.25, 0.3) is 0 Å². The van der Waals surface area contributed by atoms with Crippen LogP contribution in [0, 0.1) is 18.8 Å². The molecule has 10 heteroatoms. The lowest BCUT2D eigenvalue weighted by Gasteiger charge is -2.37. The second-order valence-corrected chi connectivity index (χ2v) is 10.6. The Balaban J connectivity index is 1.44. The van der Waals surface area contributed by atoms with E-state index in [1.54, 1.807) is 25.3 Å². The number of rotatable bonds is 9. The molecule has 1 aliphatic carbocycles. The van der Waals surface area contributed by atoms with Crippen molar-refractivity contribution in [3.8, 4) is 11.3 Å². The zero-order chi connectivity index (χ0) is 28.9. The molecule has 3 aromatic heterocycles. The lowest BCUT2D eigenvalue weighted by atomic mass is 9.73. The van der Waals surface area contributed by atoms with Gasteiger partial charge < -0.3 is 15.2 Å². The Kier molecular flexibility index (Phi) is 9.08. The topological polar surface area (TPSA) is 97.2 Å². The number of carbonyl (C=O) groups excluding carboxylic acids is 1. The molecular weight excluding hydrogens is 521 g/mol. The molecule has 3 heterocycles. The van der Waals surface area contributed by atoms with Crippen LogP contribution in [-0.4, -0.2) is 32.6 Å². The molecule has 7 nitrogen and oxygen atoms in total. The zero-order valence-corrected chi connectivity index (χ0v) is 23.0. The van der Waals surface area contributed by atoms with Gasteiger partial charge in [0, 0.05) is 18.0 Å². The van der Waals surface area contributed by atoms with E-state index < -0.39 is 17.3 Å². The Morgan fingerprint density at radius 2 is 1.82 bits per heavy atom. The number of aromatic nitrogens is 3. The number of esters is 1. The molecule has 2 N–H and O–H groups in total. The van der Waals surface area contributed by atoms with Gasteiger partial charge >= 0.3 is 12.1 Å². The molecule has 0 spiro atoms. The molecular formula is C30H35F3N4O3. The first kappa shape index (κ1) is 29.5. The minimum Gasteiger partial charge on any atom is -0.465 e. The molecule has 0 saturated heterocycles. The molecule has 1 atom stereocenters. The highest BCUT2D eigenvalue weighted by Gasteiger charge is 2.39. The summed E-state index contributed by atoms with van der Waals surface area (Å²) in [5, 5.41) is 14.3. The van der Waals surface area contributed by atoms with Gasteiger partial charge in [-0.15, -0.1) is 0 Å². The van der Waals surface area contributed by atoms with E-state index in [2.05, 4.69) is 27.2 Å². The predicted molar refractivity (Wildman–Crippen MR) is 146 cm³/mol. The maximum Gasteiger partial charge on any atom is 0.416 e. The van der Waals surface area contributed by atoms with E-state index >= 15 is 0 Å². The van der Waals surface area contributed by atoms with Crippen LogP contribution in [0.5, 0.6) is 0 Å². The van der Waals surface area contributed by atoms with Crippen molar-refractivity contribution in [3.05, 3.63) is 65.6 Å². The maximum absolute atomic E-state index is 13.1. The number of ether oxygens (including phenoxy) is 1. The summed E-state index contributed by atoms with van der Waals surface area (Å²) < 4.78 is 44.6. The fourth-order valence-electron chi connectivity index (χ4n) is 5.07. The van der Waals surface area contributed by atoms with Crippen LogP contribution < -0.4 is 5.32 Å². The molecule has 0 amide bonds. The van der Waals surface area contributed by atoms with Crippen LogP contribution >= 0.6 is 0 Å². The molecule has 1 aliphatic rings. The van der Waals surface area contributed by atoms with Crippen molar-refractivity contribution in [2.24, 2.45) is 11.8 Å². The highest BCUT2D eigenvalue weighted by Crippen LogP contribution is 2.41. The first-order valence-electron chi connectivity index (χ1n) is 13.6. The minimum absolute atomic E-state index is 0.0346. The number of nitrogens with zero attached hydrogens (tertiary/aromatic N) is 3. The Labute approximate surface area is 232 Å². The number of hydrogen-bond acceptors (Lipinski definition) is 7. The van der Waals surface area contributed by atoms with E-state index in [1.165, 1.54) is 0 Å². The summed E-state index contributed by atoms with van der Waals surface area (Å²) in [5.41, 5.74) is 0.685. The highest BCUT2D eigenvalue weighted by molar-refractivity contribution is 5.72. The van der Waals surface area contributed by atoms with Crippen LogP contribution in [0.15, 0.2) is 48.8 Å². The van der Waals surface area contributed by atoms with Gasteiger partial charge in [-0.25, -0.2) is 9.97 Å². The van der Waals surface area contributed by atoms with Gasteiger partial charge in [-0.1, -0.05) is 13.3 Å². The van der Waals surface area contributed by atoms with Crippen LogP contribution in [0.2, 0.25) is 0 Å². The number of anilines is 2. The molecule has 4 rings (SSSR count). The van der Waals surface area contributed by atoms with E-state index in [9.17, 15) is 23.1 Å².